The van der Waals surface area contributed by atoms with Crippen molar-refractivity contribution in [3.05, 3.63) is 88.6 Å². The summed E-state index contributed by atoms with van der Waals surface area (Å²) in [5.41, 5.74) is 2.69. The number of nitrogens with zero attached hydrogens (tertiary/aromatic N) is 1. The summed E-state index contributed by atoms with van der Waals surface area (Å²) in [7, 11) is 1.53. The molecule has 0 saturated heterocycles. The molecule has 1 heterocycles. The number of imide groups is 1. The fourth-order valence-corrected chi connectivity index (χ4v) is 3.93. The average molecular weight is 463 g/mol. The van der Waals surface area contributed by atoms with Gasteiger partial charge in [-0.25, -0.2) is 4.90 Å². The molecule has 6 nitrogen and oxygen atoms in total. The minimum atomic E-state index is -0.479. The van der Waals surface area contributed by atoms with Gasteiger partial charge < -0.3 is 14.8 Å². The number of methoxy groups -OCH3 is 1. The maximum Gasteiger partial charge on any atom is 0.282 e. The number of rotatable bonds is 7. The van der Waals surface area contributed by atoms with Gasteiger partial charge in [0.25, 0.3) is 11.8 Å². The highest BCUT2D eigenvalue weighted by atomic mass is 35.5. The van der Waals surface area contributed by atoms with Crippen LogP contribution in [0.1, 0.15) is 18.1 Å². The van der Waals surface area contributed by atoms with Crippen molar-refractivity contribution in [3.8, 4) is 11.5 Å². The van der Waals surface area contributed by atoms with Crippen molar-refractivity contribution in [3.63, 3.8) is 0 Å². The minimum Gasteiger partial charge on any atom is -0.496 e. The summed E-state index contributed by atoms with van der Waals surface area (Å²) >= 11 is 6.19. The first-order valence-corrected chi connectivity index (χ1v) is 10.8. The molecule has 1 aliphatic rings. The predicted molar refractivity (Wildman–Crippen MR) is 130 cm³/mol. The van der Waals surface area contributed by atoms with Crippen molar-refractivity contribution in [1.82, 2.24) is 0 Å². The second-order valence-corrected chi connectivity index (χ2v) is 7.85. The molecule has 0 aromatic heterocycles. The second-order valence-electron chi connectivity index (χ2n) is 7.41. The van der Waals surface area contributed by atoms with Crippen molar-refractivity contribution in [1.29, 1.82) is 0 Å². The van der Waals surface area contributed by atoms with Crippen LogP contribution in [0.3, 0.4) is 0 Å². The number of ether oxygens (including phenoxy) is 2. The Hall–Kier alpha value is -3.77. The van der Waals surface area contributed by atoms with Gasteiger partial charge in [-0.05, 0) is 49.7 Å². The van der Waals surface area contributed by atoms with Gasteiger partial charge in [-0.3, -0.25) is 9.59 Å². The molecule has 7 heteroatoms. The van der Waals surface area contributed by atoms with E-state index in [2.05, 4.69) is 5.32 Å². The molecular formula is C26H23ClN2O4. The van der Waals surface area contributed by atoms with E-state index in [9.17, 15) is 9.59 Å². The molecule has 0 spiro atoms. The number of hydrogen-bond acceptors (Lipinski definition) is 5. The lowest BCUT2D eigenvalue weighted by Gasteiger charge is -2.18. The number of benzene rings is 3. The Labute approximate surface area is 197 Å². The molecule has 0 bridgehead atoms. The highest BCUT2D eigenvalue weighted by molar-refractivity contribution is 6.46. The maximum absolute atomic E-state index is 13.7. The maximum atomic E-state index is 13.7. The van der Waals surface area contributed by atoms with Gasteiger partial charge in [0.15, 0.2) is 0 Å². The Morgan fingerprint density at radius 3 is 2.52 bits per heavy atom. The topological polar surface area (TPSA) is 67.9 Å². The number of carbonyl (C=O) groups is 2. The quantitative estimate of drug-likeness (QED) is 0.473. The van der Waals surface area contributed by atoms with Gasteiger partial charge in [0.2, 0.25) is 0 Å². The molecule has 1 N–H and O–H groups in total. The van der Waals surface area contributed by atoms with Crippen molar-refractivity contribution in [2.75, 3.05) is 23.9 Å². The number of hydrogen-bond donors (Lipinski definition) is 1. The highest BCUT2D eigenvalue weighted by Gasteiger charge is 2.41. The van der Waals surface area contributed by atoms with Gasteiger partial charge >= 0.3 is 0 Å². The van der Waals surface area contributed by atoms with E-state index in [1.807, 2.05) is 32.0 Å². The van der Waals surface area contributed by atoms with E-state index in [1.165, 1.54) is 7.11 Å². The lowest BCUT2D eigenvalue weighted by Crippen LogP contribution is -2.33. The number of anilines is 2. The highest BCUT2D eigenvalue weighted by Crippen LogP contribution is 2.39. The smallest absolute Gasteiger partial charge is 0.282 e. The summed E-state index contributed by atoms with van der Waals surface area (Å²) < 4.78 is 11.1. The summed E-state index contributed by atoms with van der Waals surface area (Å²) in [4.78, 5) is 28.5. The van der Waals surface area contributed by atoms with Crippen LogP contribution < -0.4 is 19.7 Å². The van der Waals surface area contributed by atoms with Crippen LogP contribution in [0.2, 0.25) is 5.02 Å². The van der Waals surface area contributed by atoms with Gasteiger partial charge in [-0.2, -0.15) is 0 Å². The van der Waals surface area contributed by atoms with E-state index in [0.29, 0.717) is 40.1 Å². The van der Waals surface area contributed by atoms with Crippen LogP contribution >= 0.6 is 11.6 Å². The second kappa shape index (κ2) is 9.38. The molecule has 3 aromatic carbocycles. The standard InChI is InChI=1S/C26H23ClN2O4/c1-4-33-19-9-7-8-18(15-19)28-24-23(20-10-5-6-11-22(20)32-3)25(30)29(26(24)31)21-14-17(27)13-12-16(21)2/h5-15,28H,4H2,1-3H3. The lowest BCUT2D eigenvalue weighted by atomic mass is 10.0. The zero-order chi connectivity index (χ0) is 23.5. The van der Waals surface area contributed by atoms with Crippen LogP contribution in [0.5, 0.6) is 11.5 Å². The van der Waals surface area contributed by atoms with Crippen LogP contribution in [-0.2, 0) is 9.59 Å². The van der Waals surface area contributed by atoms with E-state index < -0.39 is 11.8 Å². The van der Waals surface area contributed by atoms with Crippen LogP contribution in [0.25, 0.3) is 5.57 Å². The molecule has 4 rings (SSSR count). The summed E-state index contributed by atoms with van der Waals surface area (Å²) in [6, 6.07) is 19.4. The van der Waals surface area contributed by atoms with Gasteiger partial charge in [0, 0.05) is 22.3 Å². The lowest BCUT2D eigenvalue weighted by molar-refractivity contribution is -0.120. The zero-order valence-corrected chi connectivity index (χ0v) is 19.3. The van der Waals surface area contributed by atoms with E-state index in [1.54, 1.807) is 48.5 Å². The Bertz CT molecular complexity index is 1270. The monoisotopic (exact) mass is 462 g/mol. The van der Waals surface area contributed by atoms with Crippen molar-refractivity contribution in [2.24, 2.45) is 0 Å². The van der Waals surface area contributed by atoms with E-state index >= 15 is 0 Å². The minimum absolute atomic E-state index is 0.150. The van der Waals surface area contributed by atoms with E-state index in [4.69, 9.17) is 21.1 Å². The summed E-state index contributed by atoms with van der Waals surface area (Å²) in [6.07, 6.45) is 0. The number of halogens is 1. The molecule has 3 aromatic rings. The molecule has 33 heavy (non-hydrogen) atoms. The molecular weight excluding hydrogens is 440 g/mol. The van der Waals surface area contributed by atoms with Crippen molar-refractivity contribution in [2.45, 2.75) is 13.8 Å². The van der Waals surface area contributed by atoms with Crippen LogP contribution in [0.4, 0.5) is 11.4 Å². The van der Waals surface area contributed by atoms with Gasteiger partial charge in [-0.15, -0.1) is 0 Å². The molecule has 0 aliphatic carbocycles. The normalized spacial score (nSPS) is 13.5. The first kappa shape index (κ1) is 22.4. The average Bonchev–Trinajstić information content (AvgIpc) is 3.05. The number of aryl methyl sites for hydroxylation is 1. The number of para-hydroxylation sites is 1. The Morgan fingerprint density at radius 1 is 0.970 bits per heavy atom. The van der Waals surface area contributed by atoms with Crippen molar-refractivity contribution >= 4 is 40.4 Å². The number of amides is 2. The first-order chi connectivity index (χ1) is 15.9. The summed E-state index contributed by atoms with van der Waals surface area (Å²) in [5.74, 6) is 0.202. The largest absolute Gasteiger partial charge is 0.496 e. The molecule has 0 fully saturated rings. The van der Waals surface area contributed by atoms with Crippen LogP contribution in [-0.4, -0.2) is 25.5 Å². The van der Waals surface area contributed by atoms with Gasteiger partial charge in [0.05, 0.1) is 25.0 Å². The van der Waals surface area contributed by atoms with Crippen LogP contribution in [0.15, 0.2) is 72.4 Å². The Morgan fingerprint density at radius 2 is 1.76 bits per heavy atom. The third-order valence-electron chi connectivity index (χ3n) is 5.29. The number of nitrogens with one attached hydrogen (secondary N) is 1. The molecule has 0 saturated carbocycles. The third kappa shape index (κ3) is 4.30. The molecule has 1 aliphatic heterocycles. The predicted octanol–water partition coefficient (Wildman–Crippen LogP) is 5.45. The van der Waals surface area contributed by atoms with Gasteiger partial charge in [0.1, 0.15) is 17.2 Å². The molecule has 0 atom stereocenters. The molecule has 2 amide bonds. The molecule has 0 radical (unpaired) electrons. The van der Waals surface area contributed by atoms with Gasteiger partial charge in [-0.1, -0.05) is 41.9 Å². The Balaban J connectivity index is 1.86. The first-order valence-electron chi connectivity index (χ1n) is 10.5. The third-order valence-corrected chi connectivity index (χ3v) is 5.52. The van der Waals surface area contributed by atoms with E-state index in [0.717, 1.165) is 10.5 Å². The SMILES string of the molecule is CCOc1cccc(NC2=C(c3ccccc3OC)C(=O)N(c3cc(Cl)ccc3C)C2=O)c1. The summed E-state index contributed by atoms with van der Waals surface area (Å²) in [5, 5.41) is 3.58. The zero-order valence-electron chi connectivity index (χ0n) is 18.5. The Kier molecular flexibility index (Phi) is 6.38. The van der Waals surface area contributed by atoms with E-state index in [-0.39, 0.29) is 11.3 Å². The fraction of sp³-hybridized carbons (Fsp3) is 0.154. The molecule has 168 valence electrons. The molecule has 0 unspecified atom stereocenters. The fourth-order valence-electron chi connectivity index (χ4n) is 3.76. The number of carbonyl (C=O) groups excluding carboxylic acids is 2. The summed E-state index contributed by atoms with van der Waals surface area (Å²) in [6.45, 7) is 4.23. The van der Waals surface area contributed by atoms with Crippen molar-refractivity contribution < 1.29 is 19.1 Å². The van der Waals surface area contributed by atoms with Crippen LogP contribution in [0, 0.1) is 6.92 Å².